The van der Waals surface area contributed by atoms with Crippen LogP contribution in [0.3, 0.4) is 0 Å². The maximum atomic E-state index is 12.6. The van der Waals surface area contributed by atoms with Crippen LogP contribution in [0.1, 0.15) is 32.1 Å². The number of rotatable bonds is 3. The molecule has 128 valence electrons. The highest BCUT2D eigenvalue weighted by molar-refractivity contribution is 7.13. The summed E-state index contributed by atoms with van der Waals surface area (Å²) in [6, 6.07) is 8.42. The first-order chi connectivity index (χ1) is 11.3. The maximum Gasteiger partial charge on any atom is 0.241 e. The van der Waals surface area contributed by atoms with Crippen LogP contribution in [0.15, 0.2) is 35.8 Å². The molecule has 0 spiro atoms. The Bertz CT molecular complexity index is 677. The molecule has 0 bridgehead atoms. The Kier molecular flexibility index (Phi) is 5.54. The number of hydrogen-bond acceptors (Lipinski definition) is 4. The number of amides is 1. The number of nitrogens with zero attached hydrogens (tertiary/aromatic N) is 1. The third-order valence-corrected chi connectivity index (χ3v) is 5.81. The summed E-state index contributed by atoms with van der Waals surface area (Å²) in [7, 11) is 0. The number of carbonyl (C=O) groups is 1. The standard InChI is InChI=1S/C18H21N3OS.ClH/c22-17(16-11-12-4-1-2-7-15(12)21-16)20-14-6-3-5-13(10-14)18-19-8-9-23-18;/h3,5-6,8-10,12,15-16,21H,1-2,4,7,11H2,(H,20,22);1H. The van der Waals surface area contributed by atoms with Crippen molar-refractivity contribution in [2.24, 2.45) is 5.92 Å². The number of carbonyl (C=O) groups excluding carboxylic acids is 1. The van der Waals surface area contributed by atoms with Crippen LogP contribution in [0.25, 0.3) is 10.6 Å². The Morgan fingerprint density at radius 2 is 2.17 bits per heavy atom. The number of nitrogens with one attached hydrogen (secondary N) is 2. The highest BCUT2D eigenvalue weighted by Gasteiger charge is 2.38. The van der Waals surface area contributed by atoms with Crippen molar-refractivity contribution >= 4 is 35.3 Å². The van der Waals surface area contributed by atoms with E-state index in [1.165, 1.54) is 25.7 Å². The van der Waals surface area contributed by atoms with E-state index in [0.29, 0.717) is 12.0 Å². The van der Waals surface area contributed by atoms with Crippen molar-refractivity contribution in [3.8, 4) is 10.6 Å². The van der Waals surface area contributed by atoms with Gasteiger partial charge in [-0.1, -0.05) is 25.0 Å². The number of thiazole rings is 1. The summed E-state index contributed by atoms with van der Waals surface area (Å²) in [5, 5.41) is 9.55. The van der Waals surface area contributed by atoms with E-state index < -0.39 is 0 Å². The van der Waals surface area contributed by atoms with Crippen LogP contribution in [0.2, 0.25) is 0 Å². The fourth-order valence-corrected chi connectivity index (χ4v) is 4.48. The lowest BCUT2D eigenvalue weighted by Crippen LogP contribution is -2.39. The van der Waals surface area contributed by atoms with Gasteiger partial charge in [0.1, 0.15) is 5.01 Å². The molecule has 2 N–H and O–H groups in total. The average molecular weight is 364 g/mol. The highest BCUT2D eigenvalue weighted by atomic mass is 35.5. The monoisotopic (exact) mass is 363 g/mol. The minimum absolute atomic E-state index is 0. The topological polar surface area (TPSA) is 54.0 Å². The van der Waals surface area contributed by atoms with Crippen molar-refractivity contribution in [1.82, 2.24) is 10.3 Å². The molecule has 1 saturated heterocycles. The zero-order valence-electron chi connectivity index (χ0n) is 13.4. The van der Waals surface area contributed by atoms with Crippen molar-refractivity contribution in [3.63, 3.8) is 0 Å². The van der Waals surface area contributed by atoms with Crippen molar-refractivity contribution in [2.75, 3.05) is 5.32 Å². The molecule has 1 aliphatic heterocycles. The Morgan fingerprint density at radius 3 is 2.96 bits per heavy atom. The Hall–Kier alpha value is -1.43. The molecule has 1 aromatic carbocycles. The van der Waals surface area contributed by atoms with Crippen molar-refractivity contribution in [2.45, 2.75) is 44.2 Å². The first-order valence-electron chi connectivity index (χ1n) is 8.36. The molecule has 0 radical (unpaired) electrons. The molecule has 1 aliphatic carbocycles. The van der Waals surface area contributed by atoms with E-state index in [1.807, 2.05) is 29.6 Å². The van der Waals surface area contributed by atoms with Crippen molar-refractivity contribution < 1.29 is 4.79 Å². The quantitative estimate of drug-likeness (QED) is 0.863. The van der Waals surface area contributed by atoms with Crippen LogP contribution in [0, 0.1) is 5.92 Å². The highest BCUT2D eigenvalue weighted by Crippen LogP contribution is 2.33. The molecule has 2 heterocycles. The lowest BCUT2D eigenvalue weighted by molar-refractivity contribution is -0.117. The molecule has 4 nitrogen and oxygen atoms in total. The molecule has 1 aromatic heterocycles. The van der Waals surface area contributed by atoms with Gasteiger partial charge in [0.05, 0.1) is 6.04 Å². The summed E-state index contributed by atoms with van der Waals surface area (Å²) in [5.41, 5.74) is 1.89. The Morgan fingerprint density at radius 1 is 1.29 bits per heavy atom. The van der Waals surface area contributed by atoms with Crippen LogP contribution in [0.5, 0.6) is 0 Å². The third-order valence-electron chi connectivity index (χ3n) is 4.99. The van der Waals surface area contributed by atoms with E-state index in [1.54, 1.807) is 17.5 Å². The van der Waals surface area contributed by atoms with Gasteiger partial charge in [-0.25, -0.2) is 4.98 Å². The molecule has 24 heavy (non-hydrogen) atoms. The summed E-state index contributed by atoms with van der Waals surface area (Å²) in [4.78, 5) is 16.9. The van der Waals surface area contributed by atoms with Gasteiger partial charge in [0.25, 0.3) is 0 Å². The fourth-order valence-electron chi connectivity index (χ4n) is 3.85. The largest absolute Gasteiger partial charge is 0.325 e. The first-order valence-corrected chi connectivity index (χ1v) is 9.24. The zero-order chi connectivity index (χ0) is 15.6. The Balaban J connectivity index is 0.00000169. The molecule has 1 amide bonds. The second-order valence-electron chi connectivity index (χ2n) is 6.51. The minimum Gasteiger partial charge on any atom is -0.325 e. The van der Waals surface area contributed by atoms with Gasteiger partial charge in [0.2, 0.25) is 5.91 Å². The van der Waals surface area contributed by atoms with Gasteiger partial charge in [-0.15, -0.1) is 23.7 Å². The normalized spacial score (nSPS) is 25.6. The second-order valence-corrected chi connectivity index (χ2v) is 7.41. The number of halogens is 1. The molecule has 1 saturated carbocycles. The number of fused-ring (bicyclic) bond motifs is 1. The minimum atomic E-state index is -0.0494. The summed E-state index contributed by atoms with van der Waals surface area (Å²) >= 11 is 1.61. The SMILES string of the molecule is Cl.O=C(Nc1cccc(-c2nccs2)c1)C1CC2CCCCC2N1. The lowest BCUT2D eigenvalue weighted by atomic mass is 9.85. The summed E-state index contributed by atoms with van der Waals surface area (Å²) in [6.07, 6.45) is 7.86. The first kappa shape index (κ1) is 17.4. The van der Waals surface area contributed by atoms with E-state index >= 15 is 0 Å². The summed E-state index contributed by atoms with van der Waals surface area (Å²) in [6.45, 7) is 0. The van der Waals surface area contributed by atoms with Gasteiger partial charge in [0.15, 0.2) is 0 Å². The van der Waals surface area contributed by atoms with Gasteiger partial charge in [-0.2, -0.15) is 0 Å². The molecule has 2 aliphatic rings. The third kappa shape index (κ3) is 3.63. The molecular formula is C18H22ClN3OS. The van der Waals surface area contributed by atoms with Gasteiger partial charge in [0, 0.05) is 28.9 Å². The number of anilines is 1. The van der Waals surface area contributed by atoms with E-state index in [0.717, 1.165) is 22.7 Å². The van der Waals surface area contributed by atoms with Gasteiger partial charge < -0.3 is 10.6 Å². The fraction of sp³-hybridized carbons (Fsp3) is 0.444. The zero-order valence-corrected chi connectivity index (χ0v) is 15.0. The summed E-state index contributed by atoms with van der Waals surface area (Å²) < 4.78 is 0. The second kappa shape index (κ2) is 7.64. The molecular weight excluding hydrogens is 342 g/mol. The van der Waals surface area contributed by atoms with Gasteiger partial charge in [-0.3, -0.25) is 4.79 Å². The molecule has 6 heteroatoms. The average Bonchev–Trinajstić information content (AvgIpc) is 3.24. The van der Waals surface area contributed by atoms with Crippen molar-refractivity contribution in [1.29, 1.82) is 0 Å². The molecule has 3 atom stereocenters. The Labute approximate surface area is 152 Å². The molecule has 2 aromatic rings. The predicted molar refractivity (Wildman–Crippen MR) is 101 cm³/mol. The smallest absolute Gasteiger partial charge is 0.241 e. The van der Waals surface area contributed by atoms with Gasteiger partial charge in [-0.05, 0) is 37.3 Å². The molecule has 4 rings (SSSR count). The maximum absolute atomic E-state index is 12.6. The van der Waals surface area contributed by atoms with Crippen LogP contribution in [-0.2, 0) is 4.79 Å². The molecule has 3 unspecified atom stereocenters. The van der Waals surface area contributed by atoms with Crippen LogP contribution in [-0.4, -0.2) is 23.0 Å². The van der Waals surface area contributed by atoms with Gasteiger partial charge >= 0.3 is 0 Å². The van der Waals surface area contributed by atoms with Crippen LogP contribution < -0.4 is 10.6 Å². The van der Waals surface area contributed by atoms with Crippen LogP contribution >= 0.6 is 23.7 Å². The lowest BCUT2D eigenvalue weighted by Gasteiger charge is -2.24. The number of benzene rings is 1. The predicted octanol–water partition coefficient (Wildman–Crippen LogP) is 4.09. The molecule has 2 fully saturated rings. The van der Waals surface area contributed by atoms with E-state index in [4.69, 9.17) is 0 Å². The summed E-state index contributed by atoms with van der Waals surface area (Å²) in [5.74, 6) is 0.775. The number of hydrogen-bond donors (Lipinski definition) is 2. The van der Waals surface area contributed by atoms with Crippen LogP contribution in [0.4, 0.5) is 5.69 Å². The number of aromatic nitrogens is 1. The van der Waals surface area contributed by atoms with E-state index in [-0.39, 0.29) is 24.4 Å². The van der Waals surface area contributed by atoms with E-state index in [2.05, 4.69) is 15.6 Å². The van der Waals surface area contributed by atoms with Crippen molar-refractivity contribution in [3.05, 3.63) is 35.8 Å². The van der Waals surface area contributed by atoms with E-state index in [9.17, 15) is 4.79 Å².